The van der Waals surface area contributed by atoms with Gasteiger partial charge in [0.1, 0.15) is 0 Å². The summed E-state index contributed by atoms with van der Waals surface area (Å²) in [5.41, 5.74) is 4.26. The van der Waals surface area contributed by atoms with E-state index in [0.29, 0.717) is 5.92 Å². The zero-order chi connectivity index (χ0) is 14.0. The Morgan fingerprint density at radius 3 is 2.58 bits per heavy atom. The maximum absolute atomic E-state index is 3.55. The van der Waals surface area contributed by atoms with Crippen LogP contribution in [0.3, 0.4) is 0 Å². The molecule has 0 aliphatic heterocycles. The van der Waals surface area contributed by atoms with Crippen LogP contribution in [0.4, 0.5) is 0 Å². The van der Waals surface area contributed by atoms with Gasteiger partial charge in [0.2, 0.25) is 0 Å². The molecule has 19 heavy (non-hydrogen) atoms. The van der Waals surface area contributed by atoms with E-state index in [1.165, 1.54) is 22.0 Å². The van der Waals surface area contributed by atoms with E-state index in [9.17, 15) is 0 Å². The molecule has 0 atom stereocenters. The van der Waals surface area contributed by atoms with Gasteiger partial charge in [0, 0.05) is 22.6 Å². The number of H-pyrrole nitrogens is 1. The number of hydrogen-bond acceptors (Lipinski definition) is 1. The summed E-state index contributed by atoms with van der Waals surface area (Å²) in [4.78, 5) is 3.37. The van der Waals surface area contributed by atoms with Crippen molar-refractivity contribution >= 4 is 10.9 Å². The lowest BCUT2D eigenvalue weighted by Crippen LogP contribution is -2.37. The Balaban J connectivity index is 2.17. The Morgan fingerprint density at radius 1 is 1.21 bits per heavy atom. The van der Waals surface area contributed by atoms with Crippen molar-refractivity contribution in [2.45, 2.75) is 52.5 Å². The zero-order valence-electron chi connectivity index (χ0n) is 12.8. The van der Waals surface area contributed by atoms with Gasteiger partial charge in [0.25, 0.3) is 0 Å². The minimum Gasteiger partial charge on any atom is -0.361 e. The lowest BCUT2D eigenvalue weighted by atomic mass is 10.00. The van der Waals surface area contributed by atoms with Gasteiger partial charge in [-0.05, 0) is 62.9 Å². The molecule has 2 rings (SSSR count). The fourth-order valence-electron chi connectivity index (χ4n) is 2.33. The first-order valence-electron chi connectivity index (χ1n) is 7.22. The van der Waals surface area contributed by atoms with Crippen molar-refractivity contribution in [3.05, 3.63) is 35.5 Å². The monoisotopic (exact) mass is 258 g/mol. The summed E-state index contributed by atoms with van der Waals surface area (Å²) in [7, 11) is 0. The fraction of sp³-hybridized carbons (Fsp3) is 0.529. The average Bonchev–Trinajstić information content (AvgIpc) is 2.70. The van der Waals surface area contributed by atoms with Crippen LogP contribution in [0.1, 0.15) is 51.7 Å². The Morgan fingerprint density at radius 2 is 1.95 bits per heavy atom. The Hall–Kier alpha value is -1.28. The predicted molar refractivity (Wildman–Crippen MR) is 83.8 cm³/mol. The molecule has 0 aliphatic rings. The summed E-state index contributed by atoms with van der Waals surface area (Å²) in [6, 6.07) is 6.76. The van der Waals surface area contributed by atoms with E-state index in [4.69, 9.17) is 0 Å². The molecular weight excluding hydrogens is 232 g/mol. The van der Waals surface area contributed by atoms with Gasteiger partial charge in [-0.1, -0.05) is 19.9 Å². The Labute approximate surface area is 116 Å². The molecule has 104 valence electrons. The topological polar surface area (TPSA) is 27.8 Å². The normalized spacial score (nSPS) is 12.5. The zero-order valence-corrected chi connectivity index (χ0v) is 12.8. The summed E-state index contributed by atoms with van der Waals surface area (Å²) in [5, 5.41) is 4.93. The fourth-order valence-corrected chi connectivity index (χ4v) is 2.33. The number of rotatable bonds is 4. The lowest BCUT2D eigenvalue weighted by molar-refractivity contribution is 0.430. The van der Waals surface area contributed by atoms with Crippen molar-refractivity contribution in [1.82, 2.24) is 10.3 Å². The van der Waals surface area contributed by atoms with Crippen LogP contribution in [0.15, 0.2) is 24.4 Å². The SMILES string of the molecule is CC(C)c1ccc2[nH]cc(CCNC(C)(C)C)c2c1. The molecular formula is C17H26N2. The molecule has 0 saturated carbocycles. The predicted octanol–water partition coefficient (Wildman–Crippen LogP) is 4.22. The molecule has 0 fully saturated rings. The van der Waals surface area contributed by atoms with Crippen LogP contribution in [0.5, 0.6) is 0 Å². The number of fused-ring (bicyclic) bond motifs is 1. The second-order valence-electron chi connectivity index (χ2n) is 6.70. The largest absolute Gasteiger partial charge is 0.361 e. The van der Waals surface area contributed by atoms with Gasteiger partial charge < -0.3 is 10.3 Å². The number of aromatic amines is 1. The molecule has 1 aromatic carbocycles. The summed E-state index contributed by atoms with van der Waals surface area (Å²) in [6.45, 7) is 12.1. The van der Waals surface area contributed by atoms with Crippen LogP contribution in [0.25, 0.3) is 10.9 Å². The lowest BCUT2D eigenvalue weighted by Gasteiger charge is -2.20. The summed E-state index contributed by atoms with van der Waals surface area (Å²) in [6.07, 6.45) is 3.22. The molecule has 1 heterocycles. The standard InChI is InChI=1S/C17H26N2/c1-12(2)13-6-7-16-15(10-13)14(11-18-16)8-9-19-17(3,4)5/h6-7,10-12,18-19H,8-9H2,1-5H3. The molecule has 0 radical (unpaired) electrons. The van der Waals surface area contributed by atoms with E-state index in [1.54, 1.807) is 0 Å². The molecule has 2 nitrogen and oxygen atoms in total. The smallest absolute Gasteiger partial charge is 0.0456 e. The van der Waals surface area contributed by atoms with Crippen LogP contribution < -0.4 is 5.32 Å². The van der Waals surface area contributed by atoms with Gasteiger partial charge in [0.15, 0.2) is 0 Å². The number of benzene rings is 1. The van der Waals surface area contributed by atoms with Gasteiger partial charge in [-0.3, -0.25) is 0 Å². The molecule has 1 aromatic heterocycles. The highest BCUT2D eigenvalue weighted by Crippen LogP contribution is 2.24. The highest BCUT2D eigenvalue weighted by molar-refractivity contribution is 5.84. The highest BCUT2D eigenvalue weighted by Gasteiger charge is 2.10. The third-order valence-corrected chi connectivity index (χ3v) is 3.51. The Kier molecular flexibility index (Phi) is 4.00. The van der Waals surface area contributed by atoms with Crippen LogP contribution in [0, 0.1) is 0 Å². The van der Waals surface area contributed by atoms with Gasteiger partial charge in [-0.2, -0.15) is 0 Å². The van der Waals surface area contributed by atoms with Crippen LogP contribution in [0.2, 0.25) is 0 Å². The third-order valence-electron chi connectivity index (χ3n) is 3.51. The average molecular weight is 258 g/mol. The molecule has 2 N–H and O–H groups in total. The molecule has 0 amide bonds. The summed E-state index contributed by atoms with van der Waals surface area (Å²) < 4.78 is 0. The van der Waals surface area contributed by atoms with Crippen molar-refractivity contribution in [3.63, 3.8) is 0 Å². The highest BCUT2D eigenvalue weighted by atomic mass is 14.9. The van der Waals surface area contributed by atoms with Crippen molar-refractivity contribution in [3.8, 4) is 0 Å². The second kappa shape index (κ2) is 5.38. The molecule has 0 aliphatic carbocycles. The summed E-state index contributed by atoms with van der Waals surface area (Å²) in [5.74, 6) is 0.583. The molecule has 0 saturated heterocycles. The van der Waals surface area contributed by atoms with Crippen LogP contribution in [-0.4, -0.2) is 17.1 Å². The first-order chi connectivity index (χ1) is 8.87. The van der Waals surface area contributed by atoms with Crippen molar-refractivity contribution in [2.24, 2.45) is 0 Å². The third kappa shape index (κ3) is 3.60. The molecule has 0 bridgehead atoms. The minimum atomic E-state index is 0.190. The second-order valence-corrected chi connectivity index (χ2v) is 6.70. The van der Waals surface area contributed by atoms with E-state index in [0.717, 1.165) is 13.0 Å². The number of nitrogens with one attached hydrogen (secondary N) is 2. The maximum atomic E-state index is 3.55. The minimum absolute atomic E-state index is 0.190. The van der Waals surface area contributed by atoms with E-state index >= 15 is 0 Å². The van der Waals surface area contributed by atoms with E-state index in [1.807, 2.05) is 0 Å². The molecule has 0 unspecified atom stereocenters. The van der Waals surface area contributed by atoms with Gasteiger partial charge in [0.05, 0.1) is 0 Å². The first kappa shape index (κ1) is 14.1. The van der Waals surface area contributed by atoms with Crippen LogP contribution >= 0.6 is 0 Å². The number of hydrogen-bond donors (Lipinski definition) is 2. The molecule has 0 spiro atoms. The number of aromatic nitrogens is 1. The van der Waals surface area contributed by atoms with Crippen LogP contribution in [-0.2, 0) is 6.42 Å². The van der Waals surface area contributed by atoms with Gasteiger partial charge >= 0.3 is 0 Å². The van der Waals surface area contributed by atoms with E-state index < -0.39 is 0 Å². The maximum Gasteiger partial charge on any atom is 0.0456 e. The van der Waals surface area contributed by atoms with Gasteiger partial charge in [-0.15, -0.1) is 0 Å². The summed E-state index contributed by atoms with van der Waals surface area (Å²) >= 11 is 0. The van der Waals surface area contributed by atoms with Crippen molar-refractivity contribution in [2.75, 3.05) is 6.54 Å². The molecule has 2 heteroatoms. The van der Waals surface area contributed by atoms with Crippen molar-refractivity contribution in [1.29, 1.82) is 0 Å². The van der Waals surface area contributed by atoms with Gasteiger partial charge in [-0.25, -0.2) is 0 Å². The van der Waals surface area contributed by atoms with E-state index in [-0.39, 0.29) is 5.54 Å². The Bertz CT molecular complexity index is 544. The van der Waals surface area contributed by atoms with E-state index in [2.05, 4.69) is 69.3 Å². The quantitative estimate of drug-likeness (QED) is 0.844. The van der Waals surface area contributed by atoms with Crippen molar-refractivity contribution < 1.29 is 0 Å². The first-order valence-corrected chi connectivity index (χ1v) is 7.22. The molecule has 2 aromatic rings.